The number of ether oxygens (including phenoxy) is 1. The van der Waals surface area contributed by atoms with Crippen molar-refractivity contribution in [1.82, 2.24) is 10.3 Å². The number of hydrogen-bond donors (Lipinski definition) is 2. The molecule has 9 heteroatoms. The van der Waals surface area contributed by atoms with Crippen LogP contribution >= 0.6 is 11.3 Å². The van der Waals surface area contributed by atoms with Crippen LogP contribution in [0.5, 0.6) is 0 Å². The molecule has 0 saturated heterocycles. The van der Waals surface area contributed by atoms with E-state index in [1.807, 2.05) is 5.38 Å². The van der Waals surface area contributed by atoms with Crippen LogP contribution in [0.3, 0.4) is 0 Å². The number of nitrogens with one attached hydrogen (secondary N) is 1. The lowest BCUT2D eigenvalue weighted by Gasteiger charge is -2.25. The summed E-state index contributed by atoms with van der Waals surface area (Å²) in [5, 5.41) is 14.5. The Morgan fingerprint density at radius 3 is 2.71 bits per heavy atom. The van der Waals surface area contributed by atoms with Crippen LogP contribution in [-0.4, -0.2) is 54.1 Å². The van der Waals surface area contributed by atoms with Gasteiger partial charge in [0.05, 0.1) is 41.7 Å². The van der Waals surface area contributed by atoms with E-state index in [1.165, 1.54) is 48.8 Å². The maximum atomic E-state index is 15.0. The van der Waals surface area contributed by atoms with Gasteiger partial charge in [0.2, 0.25) is 0 Å². The predicted molar refractivity (Wildman–Crippen MR) is 127 cm³/mol. The quantitative estimate of drug-likeness (QED) is 0.487. The fraction of sp³-hybridized carbons (Fsp3) is 0.240. The first-order chi connectivity index (χ1) is 16.5. The number of carbonyl (C=O) groups is 1. The third kappa shape index (κ3) is 5.27. The van der Waals surface area contributed by atoms with Gasteiger partial charge < -0.3 is 15.2 Å². The highest BCUT2D eigenvalue weighted by Crippen LogP contribution is 2.25. The van der Waals surface area contributed by atoms with E-state index < -0.39 is 23.9 Å². The molecule has 1 aromatic heterocycles. The summed E-state index contributed by atoms with van der Waals surface area (Å²) in [7, 11) is 1.45. The number of amides is 1. The van der Waals surface area contributed by atoms with E-state index in [2.05, 4.69) is 15.3 Å². The van der Waals surface area contributed by atoms with Crippen LogP contribution in [0.2, 0.25) is 0 Å². The van der Waals surface area contributed by atoms with Crippen molar-refractivity contribution in [3.63, 3.8) is 0 Å². The van der Waals surface area contributed by atoms with Gasteiger partial charge in [-0.2, -0.15) is 0 Å². The van der Waals surface area contributed by atoms with Crippen molar-refractivity contribution in [2.45, 2.75) is 18.6 Å². The molecule has 3 aromatic rings. The third-order valence-corrected chi connectivity index (χ3v) is 6.26. The second-order valence-corrected chi connectivity index (χ2v) is 8.48. The Morgan fingerprint density at radius 2 is 2.03 bits per heavy atom. The van der Waals surface area contributed by atoms with E-state index in [-0.39, 0.29) is 23.6 Å². The topological polar surface area (TPSA) is 83.8 Å². The number of carbonyl (C=O) groups excluding carboxylic acids is 1. The summed E-state index contributed by atoms with van der Waals surface area (Å²) < 4.78 is 33.6. The summed E-state index contributed by atoms with van der Waals surface area (Å²) in [5.41, 5.74) is 4.54. The molecule has 0 aliphatic carbocycles. The molecule has 6 nitrogen and oxygen atoms in total. The van der Waals surface area contributed by atoms with Gasteiger partial charge >= 0.3 is 0 Å². The van der Waals surface area contributed by atoms with E-state index in [4.69, 9.17) is 4.74 Å². The molecule has 176 valence electrons. The zero-order valence-electron chi connectivity index (χ0n) is 18.4. The first kappa shape index (κ1) is 23.9. The first-order valence-corrected chi connectivity index (χ1v) is 11.6. The van der Waals surface area contributed by atoms with E-state index in [9.17, 15) is 18.7 Å². The number of aromatic nitrogens is 1. The van der Waals surface area contributed by atoms with Gasteiger partial charge in [-0.15, -0.1) is 11.3 Å². The molecular formula is C25H23F2N3O3S. The minimum atomic E-state index is -0.670. The SMILES string of the molecule is CO[C@H](CO)[C@@H](Cc1cscn1)NC(=O)c1cccc(F)c1C1=NCC(c2ccc(F)cc2)=C1. The summed E-state index contributed by atoms with van der Waals surface area (Å²) in [6.45, 7) is -0.0167. The number of aliphatic hydroxyl groups excluding tert-OH is 1. The number of benzene rings is 2. The standard InChI is InChI=1S/C25H23F2N3O3S/c1-33-23(12-31)21(10-18-13-34-14-29-18)30-25(32)19-3-2-4-20(27)24(19)22-9-16(11-28-22)15-5-7-17(26)8-6-15/h2-9,13-14,21,23,31H,10-12H2,1H3,(H,30,32)/t21-,23-/m1/s1. The van der Waals surface area contributed by atoms with Gasteiger partial charge in [0.15, 0.2) is 0 Å². The van der Waals surface area contributed by atoms with Gasteiger partial charge in [0.25, 0.3) is 5.91 Å². The summed E-state index contributed by atoms with van der Waals surface area (Å²) in [6.07, 6.45) is 1.38. The number of halogens is 2. The molecule has 0 unspecified atom stereocenters. The number of hydrogen-bond acceptors (Lipinski definition) is 6. The minimum absolute atomic E-state index is 0.0856. The average molecular weight is 484 g/mol. The summed E-state index contributed by atoms with van der Waals surface area (Å²) in [6, 6.07) is 9.66. The number of aliphatic hydroxyl groups is 1. The molecule has 0 fully saturated rings. The first-order valence-electron chi connectivity index (χ1n) is 10.6. The fourth-order valence-corrected chi connectivity index (χ4v) is 4.41. The van der Waals surface area contributed by atoms with Gasteiger partial charge in [0.1, 0.15) is 17.7 Å². The molecule has 0 bridgehead atoms. The third-order valence-electron chi connectivity index (χ3n) is 5.62. The maximum Gasteiger partial charge on any atom is 0.252 e. The lowest BCUT2D eigenvalue weighted by atomic mass is 9.98. The molecule has 0 radical (unpaired) electrons. The Bertz CT molecular complexity index is 1210. The molecule has 1 aliphatic heterocycles. The van der Waals surface area contributed by atoms with Crippen molar-refractivity contribution in [2.75, 3.05) is 20.3 Å². The van der Waals surface area contributed by atoms with Crippen LogP contribution in [0.4, 0.5) is 8.78 Å². The monoisotopic (exact) mass is 483 g/mol. The highest BCUT2D eigenvalue weighted by atomic mass is 32.1. The summed E-state index contributed by atoms with van der Waals surface area (Å²) >= 11 is 1.42. The number of nitrogens with zero attached hydrogens (tertiary/aromatic N) is 2. The number of rotatable bonds is 9. The van der Waals surface area contributed by atoms with Crippen molar-refractivity contribution in [2.24, 2.45) is 4.99 Å². The highest BCUT2D eigenvalue weighted by Gasteiger charge is 2.27. The lowest BCUT2D eigenvalue weighted by molar-refractivity contribution is 0.0214. The Kier molecular flexibility index (Phi) is 7.56. The van der Waals surface area contributed by atoms with Crippen molar-refractivity contribution in [3.05, 3.63) is 93.4 Å². The van der Waals surface area contributed by atoms with E-state index in [1.54, 1.807) is 23.7 Å². The van der Waals surface area contributed by atoms with Gasteiger partial charge in [-0.25, -0.2) is 13.8 Å². The van der Waals surface area contributed by atoms with E-state index in [0.717, 1.165) is 16.8 Å². The van der Waals surface area contributed by atoms with Crippen molar-refractivity contribution < 1.29 is 23.4 Å². The molecule has 2 aromatic carbocycles. The average Bonchev–Trinajstić information content (AvgIpc) is 3.52. The Hall–Kier alpha value is -3.27. The Morgan fingerprint density at radius 1 is 1.24 bits per heavy atom. The largest absolute Gasteiger partial charge is 0.394 e. The van der Waals surface area contributed by atoms with Crippen molar-refractivity contribution >= 4 is 28.5 Å². The zero-order chi connectivity index (χ0) is 24.1. The van der Waals surface area contributed by atoms with Gasteiger partial charge in [-0.05, 0) is 41.5 Å². The number of thiazole rings is 1. The van der Waals surface area contributed by atoms with Crippen molar-refractivity contribution in [3.8, 4) is 0 Å². The summed E-state index contributed by atoms with van der Waals surface area (Å²) in [4.78, 5) is 22.0. The van der Waals surface area contributed by atoms with Crippen LogP contribution < -0.4 is 5.32 Å². The normalized spacial score (nSPS) is 14.9. The molecule has 2 N–H and O–H groups in total. The molecule has 1 aliphatic rings. The Labute approximate surface area is 199 Å². The van der Waals surface area contributed by atoms with E-state index in [0.29, 0.717) is 18.7 Å². The smallest absolute Gasteiger partial charge is 0.252 e. The molecule has 2 atom stereocenters. The van der Waals surface area contributed by atoms with Crippen LogP contribution in [0.15, 0.2) is 64.4 Å². The van der Waals surface area contributed by atoms with Crippen molar-refractivity contribution in [1.29, 1.82) is 0 Å². The maximum absolute atomic E-state index is 15.0. The molecule has 0 spiro atoms. The number of allylic oxidation sites excluding steroid dienone is 1. The van der Waals surface area contributed by atoms with E-state index >= 15 is 0 Å². The molecular weight excluding hydrogens is 460 g/mol. The van der Waals surface area contributed by atoms with Crippen LogP contribution in [-0.2, 0) is 11.2 Å². The molecule has 4 rings (SSSR count). The highest BCUT2D eigenvalue weighted by molar-refractivity contribution is 7.07. The van der Waals surface area contributed by atoms with Crippen LogP contribution in [0.25, 0.3) is 5.57 Å². The summed E-state index contributed by atoms with van der Waals surface area (Å²) in [5.74, 6) is -1.44. The second-order valence-electron chi connectivity index (χ2n) is 7.76. The molecule has 34 heavy (non-hydrogen) atoms. The molecule has 2 heterocycles. The molecule has 1 amide bonds. The number of aliphatic imine (C=N–C) groups is 1. The fourth-order valence-electron chi connectivity index (χ4n) is 3.84. The minimum Gasteiger partial charge on any atom is -0.394 e. The Balaban J connectivity index is 1.62. The molecule has 0 saturated carbocycles. The zero-order valence-corrected chi connectivity index (χ0v) is 19.2. The van der Waals surface area contributed by atoms with Crippen LogP contribution in [0, 0.1) is 11.6 Å². The van der Waals surface area contributed by atoms with Gasteiger partial charge in [-0.3, -0.25) is 9.79 Å². The predicted octanol–water partition coefficient (Wildman–Crippen LogP) is 3.66. The lowest BCUT2D eigenvalue weighted by Crippen LogP contribution is -2.47. The van der Waals surface area contributed by atoms with Gasteiger partial charge in [0, 0.05) is 24.5 Å². The second kappa shape index (κ2) is 10.8. The van der Waals surface area contributed by atoms with Gasteiger partial charge in [-0.1, -0.05) is 18.2 Å². The number of methoxy groups -OCH3 is 1. The van der Waals surface area contributed by atoms with Crippen LogP contribution in [0.1, 0.15) is 27.2 Å².